The minimum absolute atomic E-state index is 0.162. The van der Waals surface area contributed by atoms with Crippen molar-refractivity contribution in [3.8, 4) is 0 Å². The third-order valence-electron chi connectivity index (χ3n) is 3.94. The van der Waals surface area contributed by atoms with Gasteiger partial charge in [0.2, 0.25) is 15.8 Å². The summed E-state index contributed by atoms with van der Waals surface area (Å²) in [5.74, 6) is 0.266. The molecule has 1 N–H and O–H groups in total. The molecule has 0 fully saturated rings. The van der Waals surface area contributed by atoms with Gasteiger partial charge in [0, 0.05) is 19.6 Å². The quantitative estimate of drug-likeness (QED) is 0.672. The molecule has 0 atom stereocenters. The molecule has 7 nitrogen and oxygen atoms in total. The van der Waals surface area contributed by atoms with Gasteiger partial charge in [0.1, 0.15) is 5.76 Å². The highest BCUT2D eigenvalue weighted by Gasteiger charge is 2.21. The van der Waals surface area contributed by atoms with Gasteiger partial charge in [0.05, 0.1) is 18.6 Å². The van der Waals surface area contributed by atoms with Crippen molar-refractivity contribution in [3.05, 3.63) is 53.5 Å². The first-order valence-corrected chi connectivity index (χ1v) is 9.83. The zero-order valence-electron chi connectivity index (χ0n) is 15.2. The van der Waals surface area contributed by atoms with Crippen LogP contribution in [0.25, 0.3) is 0 Å². The van der Waals surface area contributed by atoms with Crippen molar-refractivity contribution in [2.24, 2.45) is 0 Å². The highest BCUT2D eigenvalue weighted by Crippen LogP contribution is 2.16. The van der Waals surface area contributed by atoms with Gasteiger partial charge in [0.25, 0.3) is 0 Å². The zero-order chi connectivity index (χ0) is 19.2. The lowest BCUT2D eigenvalue weighted by Gasteiger charge is -2.18. The van der Waals surface area contributed by atoms with E-state index in [1.54, 1.807) is 36.4 Å². The molecule has 0 saturated carbocycles. The molecule has 26 heavy (non-hydrogen) atoms. The second-order valence-electron chi connectivity index (χ2n) is 5.59. The molecular weight excluding hydrogens is 356 g/mol. The summed E-state index contributed by atoms with van der Waals surface area (Å²) in [6.45, 7) is 5.51. The fraction of sp³-hybridized carbons (Fsp3) is 0.389. The van der Waals surface area contributed by atoms with Crippen molar-refractivity contribution in [2.75, 3.05) is 20.2 Å². The first kappa shape index (κ1) is 20.2. The Morgan fingerprint density at radius 3 is 2.31 bits per heavy atom. The molecule has 1 aromatic carbocycles. The smallest absolute Gasteiger partial charge is 0.373 e. The van der Waals surface area contributed by atoms with Crippen LogP contribution < -0.4 is 5.32 Å². The first-order chi connectivity index (χ1) is 12.4. The SMILES string of the molecule is CCN(CC)S(=O)(=O)c1ccc(CNCc2ccc(C(=O)OC)o2)cc1. The van der Waals surface area contributed by atoms with Gasteiger partial charge in [-0.25, -0.2) is 13.2 Å². The van der Waals surface area contributed by atoms with Crippen LogP contribution in [0, 0.1) is 0 Å². The molecule has 2 aromatic rings. The lowest BCUT2D eigenvalue weighted by molar-refractivity contribution is 0.0563. The number of esters is 1. The van der Waals surface area contributed by atoms with E-state index < -0.39 is 16.0 Å². The van der Waals surface area contributed by atoms with Crippen molar-refractivity contribution >= 4 is 16.0 Å². The van der Waals surface area contributed by atoms with E-state index in [2.05, 4.69) is 10.1 Å². The second-order valence-corrected chi connectivity index (χ2v) is 7.53. The van der Waals surface area contributed by atoms with Crippen LogP contribution in [-0.4, -0.2) is 38.9 Å². The summed E-state index contributed by atoms with van der Waals surface area (Å²) in [7, 11) is -2.14. The Hall–Kier alpha value is -2.16. The Kier molecular flexibility index (Phi) is 6.96. The second kappa shape index (κ2) is 8.98. The lowest BCUT2D eigenvalue weighted by Crippen LogP contribution is -2.30. The molecule has 8 heteroatoms. The van der Waals surface area contributed by atoms with Gasteiger partial charge in [-0.1, -0.05) is 26.0 Å². The summed E-state index contributed by atoms with van der Waals surface area (Å²) >= 11 is 0. The van der Waals surface area contributed by atoms with Gasteiger partial charge in [0.15, 0.2) is 0 Å². The molecule has 1 aromatic heterocycles. The average molecular weight is 380 g/mol. The van der Waals surface area contributed by atoms with Gasteiger partial charge < -0.3 is 14.5 Å². The molecule has 0 bridgehead atoms. The molecule has 0 amide bonds. The van der Waals surface area contributed by atoms with E-state index in [0.29, 0.717) is 36.8 Å². The lowest BCUT2D eigenvalue weighted by atomic mass is 10.2. The molecule has 142 valence electrons. The third-order valence-corrected chi connectivity index (χ3v) is 6.01. The Labute approximate surface area is 154 Å². The largest absolute Gasteiger partial charge is 0.463 e. The van der Waals surface area contributed by atoms with E-state index in [-0.39, 0.29) is 5.76 Å². The van der Waals surface area contributed by atoms with E-state index >= 15 is 0 Å². The van der Waals surface area contributed by atoms with Crippen molar-refractivity contribution in [2.45, 2.75) is 31.8 Å². The summed E-state index contributed by atoms with van der Waals surface area (Å²) in [6, 6.07) is 10.1. The number of rotatable bonds is 9. The maximum Gasteiger partial charge on any atom is 0.373 e. The number of methoxy groups -OCH3 is 1. The van der Waals surface area contributed by atoms with E-state index in [0.717, 1.165) is 5.56 Å². The molecule has 0 spiro atoms. The van der Waals surface area contributed by atoms with Crippen molar-refractivity contribution in [1.82, 2.24) is 9.62 Å². The predicted octanol–water partition coefficient (Wildman–Crippen LogP) is 2.39. The number of sulfonamides is 1. The molecule has 0 saturated heterocycles. The topological polar surface area (TPSA) is 88.9 Å². The van der Waals surface area contributed by atoms with Crippen molar-refractivity contribution in [3.63, 3.8) is 0 Å². The number of ether oxygens (including phenoxy) is 1. The van der Waals surface area contributed by atoms with Crippen LogP contribution in [-0.2, 0) is 27.8 Å². The normalized spacial score (nSPS) is 11.7. The van der Waals surface area contributed by atoms with Gasteiger partial charge in [-0.3, -0.25) is 0 Å². The Morgan fingerprint density at radius 1 is 1.08 bits per heavy atom. The number of nitrogens with one attached hydrogen (secondary N) is 1. The molecule has 0 aliphatic rings. The number of carbonyl (C=O) groups is 1. The third kappa shape index (κ3) is 4.72. The number of furan rings is 1. The number of hydrogen-bond donors (Lipinski definition) is 1. The van der Waals surface area contributed by atoms with Crippen molar-refractivity contribution < 1.29 is 22.4 Å². The predicted molar refractivity (Wildman–Crippen MR) is 97.1 cm³/mol. The molecule has 0 aliphatic carbocycles. The fourth-order valence-corrected chi connectivity index (χ4v) is 3.96. The van der Waals surface area contributed by atoms with Gasteiger partial charge >= 0.3 is 5.97 Å². The zero-order valence-corrected chi connectivity index (χ0v) is 16.0. The monoisotopic (exact) mass is 380 g/mol. The maximum atomic E-state index is 12.4. The average Bonchev–Trinajstić information content (AvgIpc) is 3.11. The van der Waals surface area contributed by atoms with Crippen LogP contribution in [0.15, 0.2) is 45.7 Å². The first-order valence-electron chi connectivity index (χ1n) is 8.39. The molecule has 2 rings (SSSR count). The van der Waals surface area contributed by atoms with Crippen LogP contribution >= 0.6 is 0 Å². The van der Waals surface area contributed by atoms with Gasteiger partial charge in [-0.05, 0) is 29.8 Å². The van der Waals surface area contributed by atoms with E-state index in [1.807, 2.05) is 13.8 Å². The van der Waals surface area contributed by atoms with Crippen LogP contribution in [0.2, 0.25) is 0 Å². The molecule has 0 radical (unpaired) electrons. The summed E-state index contributed by atoms with van der Waals surface area (Å²) < 4.78 is 36.3. The Bertz CT molecular complexity index is 824. The number of nitrogens with zero attached hydrogens (tertiary/aromatic N) is 1. The molecule has 0 unspecified atom stereocenters. The van der Waals surface area contributed by atoms with Crippen molar-refractivity contribution in [1.29, 1.82) is 0 Å². The van der Waals surface area contributed by atoms with Crippen LogP contribution in [0.1, 0.15) is 35.7 Å². The number of benzene rings is 1. The fourth-order valence-electron chi connectivity index (χ4n) is 2.51. The number of hydrogen-bond acceptors (Lipinski definition) is 6. The van der Waals surface area contributed by atoms with Gasteiger partial charge in [-0.15, -0.1) is 0 Å². The van der Waals surface area contributed by atoms with Gasteiger partial charge in [-0.2, -0.15) is 4.31 Å². The van der Waals surface area contributed by atoms with Crippen LogP contribution in [0.4, 0.5) is 0 Å². The van der Waals surface area contributed by atoms with Crippen LogP contribution in [0.5, 0.6) is 0 Å². The summed E-state index contributed by atoms with van der Waals surface area (Å²) in [5, 5.41) is 3.19. The summed E-state index contributed by atoms with van der Waals surface area (Å²) in [4.78, 5) is 11.6. The maximum absolute atomic E-state index is 12.4. The highest BCUT2D eigenvalue weighted by atomic mass is 32.2. The standard InChI is InChI=1S/C18H24N2O5S/c1-4-20(5-2)26(22,23)16-9-6-14(7-10-16)12-19-13-15-8-11-17(25-15)18(21)24-3/h6-11,19H,4-5,12-13H2,1-3H3. The summed E-state index contributed by atoms with van der Waals surface area (Å²) in [6.07, 6.45) is 0. The molecule has 1 heterocycles. The van der Waals surface area contributed by atoms with E-state index in [4.69, 9.17) is 4.42 Å². The Morgan fingerprint density at radius 2 is 1.73 bits per heavy atom. The minimum atomic E-state index is -3.44. The molecular formula is C18H24N2O5S. The highest BCUT2D eigenvalue weighted by molar-refractivity contribution is 7.89. The Balaban J connectivity index is 1.93. The van der Waals surface area contributed by atoms with E-state index in [1.165, 1.54) is 11.4 Å². The number of carbonyl (C=O) groups excluding carboxylic acids is 1. The molecule has 0 aliphatic heterocycles. The van der Waals surface area contributed by atoms with Crippen LogP contribution in [0.3, 0.4) is 0 Å². The minimum Gasteiger partial charge on any atom is -0.463 e. The van der Waals surface area contributed by atoms with E-state index in [9.17, 15) is 13.2 Å². The summed E-state index contributed by atoms with van der Waals surface area (Å²) in [5.41, 5.74) is 0.947.